The van der Waals surface area contributed by atoms with Gasteiger partial charge in [-0.3, -0.25) is 9.36 Å². The molecule has 34 heavy (non-hydrogen) atoms. The molecule has 0 aliphatic carbocycles. The van der Waals surface area contributed by atoms with Crippen molar-refractivity contribution >= 4 is 39.4 Å². The van der Waals surface area contributed by atoms with Gasteiger partial charge in [-0.25, -0.2) is 9.97 Å². The maximum absolute atomic E-state index is 13.5. The van der Waals surface area contributed by atoms with Crippen LogP contribution in [0.3, 0.4) is 0 Å². The molecule has 1 saturated heterocycles. The largest absolute Gasteiger partial charge is 0.378 e. The van der Waals surface area contributed by atoms with Gasteiger partial charge in [0.25, 0.3) is 5.56 Å². The minimum atomic E-state index is -0.127. The Morgan fingerprint density at radius 1 is 1.29 bits per heavy atom. The fourth-order valence-electron chi connectivity index (χ4n) is 4.26. The van der Waals surface area contributed by atoms with Crippen LogP contribution in [-0.4, -0.2) is 60.5 Å². The molecule has 10 heteroatoms. The van der Waals surface area contributed by atoms with Crippen LogP contribution >= 0.6 is 22.9 Å². The van der Waals surface area contributed by atoms with Crippen LogP contribution in [0.15, 0.2) is 34.6 Å². The molecule has 182 valence electrons. The Balaban J connectivity index is 1.68. The van der Waals surface area contributed by atoms with Crippen molar-refractivity contribution in [3.05, 3.63) is 50.8 Å². The first kappa shape index (κ1) is 24.5. The molecule has 0 spiro atoms. The number of aromatic nitrogens is 3. The molecular weight excluding hydrogens is 472 g/mol. The van der Waals surface area contributed by atoms with Crippen molar-refractivity contribution in [3.63, 3.8) is 0 Å². The number of hydrogen-bond donors (Lipinski definition) is 1. The Hall–Kier alpha value is -2.62. The number of nitrogens with one attached hydrogen (secondary N) is 1. The highest BCUT2D eigenvalue weighted by molar-refractivity contribution is 7.13. The maximum atomic E-state index is 13.5. The summed E-state index contributed by atoms with van der Waals surface area (Å²) in [6.45, 7) is 6.02. The number of hydrogen-bond acceptors (Lipinski definition) is 8. The van der Waals surface area contributed by atoms with E-state index in [1.54, 1.807) is 29.1 Å². The number of benzene rings is 1. The first-order valence-corrected chi connectivity index (χ1v) is 12.7. The predicted molar refractivity (Wildman–Crippen MR) is 141 cm³/mol. The van der Waals surface area contributed by atoms with Crippen LogP contribution in [0, 0.1) is 0 Å². The van der Waals surface area contributed by atoms with Gasteiger partial charge in [-0.1, -0.05) is 18.5 Å². The van der Waals surface area contributed by atoms with Gasteiger partial charge in [0.05, 0.1) is 22.9 Å². The summed E-state index contributed by atoms with van der Waals surface area (Å²) in [7, 11) is 5.66. The zero-order valence-corrected chi connectivity index (χ0v) is 21.8. The van der Waals surface area contributed by atoms with Crippen LogP contribution in [0.25, 0.3) is 11.4 Å². The molecule has 0 bridgehead atoms. The maximum Gasteiger partial charge on any atom is 0.277 e. The van der Waals surface area contributed by atoms with E-state index in [4.69, 9.17) is 21.3 Å². The van der Waals surface area contributed by atoms with E-state index in [9.17, 15) is 4.79 Å². The molecule has 2 atom stereocenters. The van der Waals surface area contributed by atoms with E-state index in [0.29, 0.717) is 41.8 Å². The predicted octanol–water partition coefficient (Wildman–Crippen LogP) is 3.89. The lowest BCUT2D eigenvalue weighted by atomic mass is 10.1. The summed E-state index contributed by atoms with van der Waals surface area (Å²) in [6, 6.07) is 5.72. The minimum absolute atomic E-state index is 0.0579. The van der Waals surface area contributed by atoms with E-state index in [-0.39, 0.29) is 17.7 Å². The molecule has 1 aromatic carbocycles. The van der Waals surface area contributed by atoms with E-state index in [0.717, 1.165) is 22.9 Å². The van der Waals surface area contributed by atoms with Crippen molar-refractivity contribution in [2.24, 2.45) is 7.05 Å². The van der Waals surface area contributed by atoms with E-state index < -0.39 is 0 Å². The monoisotopic (exact) mass is 502 g/mol. The Kier molecular flexibility index (Phi) is 7.45. The van der Waals surface area contributed by atoms with Crippen molar-refractivity contribution in [1.82, 2.24) is 14.5 Å². The molecular formula is C24H31ClN6O2S. The van der Waals surface area contributed by atoms with Gasteiger partial charge >= 0.3 is 0 Å². The topological polar surface area (TPSA) is 75.5 Å². The van der Waals surface area contributed by atoms with Gasteiger partial charge in [0.1, 0.15) is 11.5 Å². The zero-order chi connectivity index (χ0) is 24.4. The van der Waals surface area contributed by atoms with Crippen molar-refractivity contribution in [2.75, 3.05) is 48.9 Å². The van der Waals surface area contributed by atoms with Gasteiger partial charge in [0, 0.05) is 63.7 Å². The Morgan fingerprint density at radius 3 is 2.71 bits per heavy atom. The molecule has 3 heterocycles. The number of nitrogens with zero attached hydrogens (tertiary/aromatic N) is 5. The molecule has 1 aliphatic rings. The SMILES string of the molecule is CCOC1CN(c2nccs2)CC1Nc1c(CC)nc(-c2ccc(N(C)C)cc2Cl)n(C)c1=O. The lowest BCUT2D eigenvalue weighted by molar-refractivity contribution is 0.0720. The third kappa shape index (κ3) is 4.78. The van der Waals surface area contributed by atoms with Crippen molar-refractivity contribution in [1.29, 1.82) is 0 Å². The van der Waals surface area contributed by atoms with Gasteiger partial charge in [0.15, 0.2) is 5.13 Å². The second-order valence-corrected chi connectivity index (χ2v) is 9.78. The number of aryl methyl sites for hydroxylation is 1. The van der Waals surface area contributed by atoms with Gasteiger partial charge in [-0.2, -0.15) is 0 Å². The van der Waals surface area contributed by atoms with Crippen LogP contribution in [0.1, 0.15) is 19.5 Å². The van der Waals surface area contributed by atoms with Gasteiger partial charge in [-0.15, -0.1) is 11.3 Å². The van der Waals surface area contributed by atoms with Crippen molar-refractivity contribution < 1.29 is 4.74 Å². The van der Waals surface area contributed by atoms with Crippen LogP contribution < -0.4 is 20.7 Å². The average molecular weight is 503 g/mol. The molecule has 1 N–H and O–H groups in total. The summed E-state index contributed by atoms with van der Waals surface area (Å²) >= 11 is 8.20. The van der Waals surface area contributed by atoms with E-state index in [1.165, 1.54) is 0 Å². The summed E-state index contributed by atoms with van der Waals surface area (Å²) in [5.41, 5.74) is 2.83. The van der Waals surface area contributed by atoms with E-state index >= 15 is 0 Å². The second-order valence-electron chi connectivity index (χ2n) is 8.50. The minimum Gasteiger partial charge on any atom is -0.378 e. The number of thiazole rings is 1. The van der Waals surface area contributed by atoms with Gasteiger partial charge < -0.3 is 19.9 Å². The summed E-state index contributed by atoms with van der Waals surface area (Å²) in [6.07, 6.45) is 2.36. The van der Waals surface area contributed by atoms with Crippen LogP contribution in [0.5, 0.6) is 0 Å². The van der Waals surface area contributed by atoms with E-state index in [1.807, 2.05) is 56.4 Å². The highest BCUT2D eigenvalue weighted by atomic mass is 35.5. The summed E-state index contributed by atoms with van der Waals surface area (Å²) < 4.78 is 7.59. The van der Waals surface area contributed by atoms with Gasteiger partial charge in [-0.05, 0) is 31.5 Å². The van der Waals surface area contributed by atoms with Crippen LogP contribution in [-0.2, 0) is 18.2 Å². The fourth-order valence-corrected chi connectivity index (χ4v) is 5.18. The smallest absolute Gasteiger partial charge is 0.277 e. The highest BCUT2D eigenvalue weighted by Gasteiger charge is 2.35. The van der Waals surface area contributed by atoms with Crippen LogP contribution in [0.2, 0.25) is 5.02 Å². The lowest BCUT2D eigenvalue weighted by Crippen LogP contribution is -2.38. The first-order valence-electron chi connectivity index (χ1n) is 11.4. The van der Waals surface area contributed by atoms with Crippen molar-refractivity contribution in [2.45, 2.75) is 32.4 Å². The number of halogens is 1. The molecule has 0 amide bonds. The van der Waals surface area contributed by atoms with Gasteiger partial charge in [0.2, 0.25) is 0 Å². The second kappa shape index (κ2) is 10.3. The molecule has 0 saturated carbocycles. The van der Waals surface area contributed by atoms with Crippen LogP contribution in [0.4, 0.5) is 16.5 Å². The first-order chi connectivity index (χ1) is 16.3. The zero-order valence-electron chi connectivity index (χ0n) is 20.2. The quantitative estimate of drug-likeness (QED) is 0.500. The number of ether oxygens (including phenoxy) is 1. The fraction of sp³-hybridized carbons (Fsp3) is 0.458. The molecule has 1 aliphatic heterocycles. The Bertz CT molecular complexity index is 1200. The molecule has 1 fully saturated rings. The Labute approximate surface area is 209 Å². The summed E-state index contributed by atoms with van der Waals surface area (Å²) in [5.74, 6) is 0.555. The van der Waals surface area contributed by atoms with Crippen molar-refractivity contribution in [3.8, 4) is 11.4 Å². The lowest BCUT2D eigenvalue weighted by Gasteiger charge is -2.23. The molecule has 2 unspecified atom stereocenters. The number of rotatable bonds is 8. The highest BCUT2D eigenvalue weighted by Crippen LogP contribution is 2.31. The number of anilines is 3. The summed E-state index contributed by atoms with van der Waals surface area (Å²) in [5, 5.41) is 6.97. The molecule has 0 radical (unpaired) electrons. The normalized spacial score (nSPS) is 17.9. The van der Waals surface area contributed by atoms with E-state index in [2.05, 4.69) is 15.2 Å². The summed E-state index contributed by atoms with van der Waals surface area (Å²) in [4.78, 5) is 27.0. The molecule has 8 nitrogen and oxygen atoms in total. The Morgan fingerprint density at radius 2 is 2.09 bits per heavy atom. The standard InChI is InChI=1S/C24H31ClN6O2S/c1-6-18-21(27-19-13-31(14-20(19)33-7-2)24-26-10-11-34-24)23(32)30(5)22(28-18)16-9-8-15(29(3)4)12-17(16)25/h8-12,19-20,27H,6-7,13-14H2,1-5H3. The molecule has 3 aromatic rings. The molecule has 2 aromatic heterocycles. The average Bonchev–Trinajstić information content (AvgIpc) is 3.48. The third-order valence-electron chi connectivity index (χ3n) is 6.08. The molecule has 4 rings (SSSR count). The third-order valence-corrected chi connectivity index (χ3v) is 7.22.